The molecule has 1 heterocycles. The van der Waals surface area contributed by atoms with E-state index >= 15 is 0 Å². The molecular formula is C21H21F5N2O3. The van der Waals surface area contributed by atoms with Gasteiger partial charge in [-0.15, -0.1) is 0 Å². The highest BCUT2D eigenvalue weighted by atomic mass is 19.4. The van der Waals surface area contributed by atoms with E-state index in [0.29, 0.717) is 31.9 Å². The number of nitrogens with one attached hydrogen (secondary N) is 1. The van der Waals surface area contributed by atoms with Crippen LogP contribution in [0.15, 0.2) is 48.5 Å². The molecular weight excluding hydrogens is 423 g/mol. The fourth-order valence-corrected chi connectivity index (χ4v) is 3.38. The number of para-hydroxylation sites is 1. The van der Waals surface area contributed by atoms with Gasteiger partial charge in [-0.2, -0.15) is 22.0 Å². The molecule has 31 heavy (non-hydrogen) atoms. The van der Waals surface area contributed by atoms with Gasteiger partial charge in [0.1, 0.15) is 5.75 Å². The normalized spacial score (nSPS) is 16.2. The number of morpholine rings is 1. The van der Waals surface area contributed by atoms with Crippen molar-refractivity contribution < 1.29 is 36.2 Å². The van der Waals surface area contributed by atoms with Crippen LogP contribution in [0.1, 0.15) is 27.5 Å². The average molecular weight is 444 g/mol. The fraction of sp³-hybridized carbons (Fsp3) is 0.381. The van der Waals surface area contributed by atoms with E-state index in [4.69, 9.17) is 4.74 Å². The summed E-state index contributed by atoms with van der Waals surface area (Å²) in [7, 11) is 0. The highest BCUT2D eigenvalue weighted by Crippen LogP contribution is 2.31. The van der Waals surface area contributed by atoms with Crippen LogP contribution in [0.4, 0.5) is 22.0 Å². The molecule has 0 aromatic heterocycles. The molecule has 168 valence electrons. The van der Waals surface area contributed by atoms with Crippen LogP contribution < -0.4 is 10.1 Å². The molecule has 1 amide bonds. The predicted octanol–water partition coefficient (Wildman–Crippen LogP) is 4.11. The maximum Gasteiger partial charge on any atom is 0.416 e. The summed E-state index contributed by atoms with van der Waals surface area (Å²) >= 11 is 0. The van der Waals surface area contributed by atoms with E-state index in [1.807, 2.05) is 4.90 Å². The Hall–Kier alpha value is -2.72. The lowest BCUT2D eigenvalue weighted by atomic mass is 10.0. The van der Waals surface area contributed by atoms with Gasteiger partial charge in [-0.3, -0.25) is 9.69 Å². The van der Waals surface area contributed by atoms with Gasteiger partial charge in [-0.05, 0) is 29.8 Å². The van der Waals surface area contributed by atoms with E-state index in [-0.39, 0.29) is 17.9 Å². The summed E-state index contributed by atoms with van der Waals surface area (Å²) in [6.45, 7) is -1.04. The van der Waals surface area contributed by atoms with Crippen LogP contribution in [0.5, 0.6) is 5.75 Å². The number of nitrogens with zero attached hydrogens (tertiary/aromatic N) is 1. The number of carbonyl (C=O) groups is 1. The Morgan fingerprint density at radius 1 is 1.06 bits per heavy atom. The van der Waals surface area contributed by atoms with Crippen molar-refractivity contribution in [1.29, 1.82) is 0 Å². The molecule has 1 N–H and O–H groups in total. The molecule has 2 aromatic rings. The quantitative estimate of drug-likeness (QED) is 0.654. The number of amides is 1. The zero-order valence-corrected chi connectivity index (χ0v) is 16.4. The van der Waals surface area contributed by atoms with Gasteiger partial charge in [0.2, 0.25) is 0 Å². The van der Waals surface area contributed by atoms with Crippen LogP contribution in [0.25, 0.3) is 0 Å². The molecule has 3 rings (SSSR count). The van der Waals surface area contributed by atoms with Crippen LogP contribution in [0.3, 0.4) is 0 Å². The summed E-state index contributed by atoms with van der Waals surface area (Å²) < 4.78 is 73.6. The van der Waals surface area contributed by atoms with Gasteiger partial charge in [-0.1, -0.05) is 24.3 Å². The Bertz CT molecular complexity index is 868. The van der Waals surface area contributed by atoms with Crippen LogP contribution >= 0.6 is 0 Å². The first kappa shape index (κ1) is 23.0. The molecule has 0 bridgehead atoms. The number of ether oxygens (including phenoxy) is 2. The van der Waals surface area contributed by atoms with Gasteiger partial charge in [0, 0.05) is 19.6 Å². The molecule has 1 aliphatic heterocycles. The molecule has 1 aliphatic rings. The predicted molar refractivity (Wildman–Crippen MR) is 102 cm³/mol. The van der Waals surface area contributed by atoms with Gasteiger partial charge in [0.15, 0.2) is 0 Å². The SMILES string of the molecule is O=C(NCC(c1ccc(C(F)(F)F)cc1)N1CCOCC1)c1ccccc1OC(F)F. The number of hydrogen-bond donors (Lipinski definition) is 1. The third-order valence-electron chi connectivity index (χ3n) is 4.91. The first-order valence-corrected chi connectivity index (χ1v) is 9.56. The zero-order valence-electron chi connectivity index (χ0n) is 16.4. The molecule has 0 spiro atoms. The monoisotopic (exact) mass is 444 g/mol. The van der Waals surface area contributed by atoms with Crippen molar-refractivity contribution in [3.63, 3.8) is 0 Å². The molecule has 1 unspecified atom stereocenters. The minimum Gasteiger partial charge on any atom is -0.434 e. The first-order valence-electron chi connectivity index (χ1n) is 9.56. The van der Waals surface area contributed by atoms with Gasteiger partial charge in [-0.25, -0.2) is 0 Å². The largest absolute Gasteiger partial charge is 0.434 e. The average Bonchev–Trinajstić information content (AvgIpc) is 2.74. The maximum atomic E-state index is 12.9. The maximum absolute atomic E-state index is 12.9. The summed E-state index contributed by atoms with van der Waals surface area (Å²) in [5, 5.41) is 2.68. The molecule has 1 fully saturated rings. The second-order valence-corrected chi connectivity index (χ2v) is 6.87. The third-order valence-corrected chi connectivity index (χ3v) is 4.91. The number of alkyl halides is 5. The van der Waals surface area contributed by atoms with Gasteiger partial charge < -0.3 is 14.8 Å². The van der Waals surface area contributed by atoms with Crippen molar-refractivity contribution in [2.75, 3.05) is 32.8 Å². The molecule has 0 radical (unpaired) electrons. The fourth-order valence-electron chi connectivity index (χ4n) is 3.38. The Kier molecular flexibility index (Phi) is 7.45. The van der Waals surface area contributed by atoms with Gasteiger partial charge >= 0.3 is 12.8 Å². The number of halogens is 5. The summed E-state index contributed by atoms with van der Waals surface area (Å²) in [6.07, 6.45) is -4.45. The second-order valence-electron chi connectivity index (χ2n) is 6.87. The van der Waals surface area contributed by atoms with Crippen LogP contribution in [-0.2, 0) is 10.9 Å². The number of benzene rings is 2. The van der Waals surface area contributed by atoms with E-state index in [1.165, 1.54) is 36.4 Å². The van der Waals surface area contributed by atoms with Gasteiger partial charge in [0.05, 0.1) is 30.4 Å². The minimum absolute atomic E-state index is 0.0593. The van der Waals surface area contributed by atoms with Crippen LogP contribution in [0, 0.1) is 0 Å². The summed E-state index contributed by atoms with van der Waals surface area (Å²) in [5.74, 6) is -0.881. The molecule has 0 saturated carbocycles. The summed E-state index contributed by atoms with van der Waals surface area (Å²) in [6, 6.07) is 9.93. The number of hydrogen-bond acceptors (Lipinski definition) is 4. The van der Waals surface area contributed by atoms with E-state index < -0.39 is 30.3 Å². The molecule has 10 heteroatoms. The summed E-state index contributed by atoms with van der Waals surface area (Å²) in [4.78, 5) is 14.6. The lowest BCUT2D eigenvalue weighted by molar-refractivity contribution is -0.137. The first-order chi connectivity index (χ1) is 14.8. The standard InChI is InChI=1S/C21H21F5N2O3/c22-20(23)31-18-4-2-1-3-16(18)19(29)27-13-17(28-9-11-30-12-10-28)14-5-7-15(8-6-14)21(24,25)26/h1-8,17,20H,9-13H2,(H,27,29). The van der Waals surface area contributed by atoms with E-state index in [2.05, 4.69) is 10.1 Å². The number of rotatable bonds is 7. The lowest BCUT2D eigenvalue weighted by Gasteiger charge is -2.35. The minimum atomic E-state index is -4.45. The molecule has 0 aliphatic carbocycles. The van der Waals surface area contributed by atoms with Crippen molar-refractivity contribution in [2.24, 2.45) is 0 Å². The summed E-state index contributed by atoms with van der Waals surface area (Å²) in [5.41, 5.74) is -0.234. The van der Waals surface area contributed by atoms with Gasteiger partial charge in [0.25, 0.3) is 5.91 Å². The lowest BCUT2D eigenvalue weighted by Crippen LogP contribution is -2.43. The highest BCUT2D eigenvalue weighted by molar-refractivity contribution is 5.96. The number of carbonyl (C=O) groups excluding carboxylic acids is 1. The van der Waals surface area contributed by atoms with Crippen molar-refractivity contribution in [1.82, 2.24) is 10.2 Å². The van der Waals surface area contributed by atoms with E-state index in [1.54, 1.807) is 0 Å². The van der Waals surface area contributed by atoms with Crippen molar-refractivity contribution >= 4 is 5.91 Å². The Morgan fingerprint density at radius 3 is 2.32 bits per heavy atom. The van der Waals surface area contributed by atoms with Crippen LogP contribution in [-0.4, -0.2) is 50.3 Å². The molecule has 1 atom stereocenters. The van der Waals surface area contributed by atoms with E-state index in [9.17, 15) is 26.7 Å². The molecule has 2 aromatic carbocycles. The third kappa shape index (κ3) is 6.14. The highest BCUT2D eigenvalue weighted by Gasteiger charge is 2.31. The van der Waals surface area contributed by atoms with E-state index in [0.717, 1.165) is 12.1 Å². The Morgan fingerprint density at radius 2 is 1.71 bits per heavy atom. The van der Waals surface area contributed by atoms with Crippen molar-refractivity contribution in [3.8, 4) is 5.75 Å². The van der Waals surface area contributed by atoms with Crippen molar-refractivity contribution in [3.05, 3.63) is 65.2 Å². The molecule has 1 saturated heterocycles. The Labute approximate surface area is 175 Å². The topological polar surface area (TPSA) is 50.8 Å². The van der Waals surface area contributed by atoms with Crippen molar-refractivity contribution in [2.45, 2.75) is 18.8 Å². The second kappa shape index (κ2) is 10.1. The van der Waals surface area contributed by atoms with Crippen LogP contribution in [0.2, 0.25) is 0 Å². The Balaban J connectivity index is 1.77. The smallest absolute Gasteiger partial charge is 0.416 e. The zero-order chi connectivity index (χ0) is 22.4. The molecule has 5 nitrogen and oxygen atoms in total.